The zero-order chi connectivity index (χ0) is 15.1. The zero-order valence-electron chi connectivity index (χ0n) is 12.4. The molecule has 20 heavy (non-hydrogen) atoms. The second-order valence-electron chi connectivity index (χ2n) is 5.57. The third-order valence-electron chi connectivity index (χ3n) is 3.75. The van der Waals surface area contributed by atoms with E-state index < -0.39 is 5.97 Å². The first kappa shape index (κ1) is 16.8. The first-order valence-corrected chi connectivity index (χ1v) is 7.37. The van der Waals surface area contributed by atoms with Crippen molar-refractivity contribution in [2.75, 3.05) is 19.7 Å². The summed E-state index contributed by atoms with van der Waals surface area (Å²) in [5, 5.41) is 17.8. The van der Waals surface area contributed by atoms with Crippen molar-refractivity contribution in [3.8, 4) is 0 Å². The lowest BCUT2D eigenvalue weighted by molar-refractivity contribution is -0.137. The Bertz CT molecular complexity index is 329. The Kier molecular flexibility index (Phi) is 6.78. The molecule has 1 saturated carbocycles. The topological polar surface area (TPSA) is 81.1 Å². The van der Waals surface area contributed by atoms with Gasteiger partial charge in [0.25, 0.3) is 0 Å². The summed E-state index contributed by atoms with van der Waals surface area (Å²) in [6.07, 6.45) is 3.66. The van der Waals surface area contributed by atoms with Gasteiger partial charge in [-0.05, 0) is 39.5 Å². The lowest BCUT2D eigenvalue weighted by Crippen LogP contribution is -2.53. The smallest absolute Gasteiger partial charge is 0.320 e. The van der Waals surface area contributed by atoms with Gasteiger partial charge in [0.05, 0.1) is 6.42 Å². The quantitative estimate of drug-likeness (QED) is 0.709. The molecule has 1 aliphatic carbocycles. The van der Waals surface area contributed by atoms with Crippen LogP contribution in [0.1, 0.15) is 46.0 Å². The van der Waals surface area contributed by atoms with E-state index in [1.54, 1.807) is 4.90 Å². The van der Waals surface area contributed by atoms with Crippen LogP contribution >= 0.6 is 0 Å². The maximum absolute atomic E-state index is 12.6. The molecule has 1 aliphatic rings. The molecule has 1 rings (SSSR count). The molecule has 2 amide bonds. The summed E-state index contributed by atoms with van der Waals surface area (Å²) in [7, 11) is 0. The van der Waals surface area contributed by atoms with Crippen molar-refractivity contribution in [3.63, 3.8) is 0 Å². The fourth-order valence-corrected chi connectivity index (χ4v) is 2.33. The van der Waals surface area contributed by atoms with Gasteiger partial charge < -0.3 is 20.0 Å². The molecule has 0 spiro atoms. The van der Waals surface area contributed by atoms with Crippen LogP contribution in [-0.2, 0) is 4.79 Å². The van der Waals surface area contributed by atoms with Gasteiger partial charge in [0.15, 0.2) is 0 Å². The van der Waals surface area contributed by atoms with Crippen molar-refractivity contribution in [2.24, 2.45) is 0 Å². The van der Waals surface area contributed by atoms with Crippen molar-refractivity contribution in [1.29, 1.82) is 0 Å². The lowest BCUT2D eigenvalue weighted by atomic mass is 9.91. The Morgan fingerprint density at radius 3 is 2.30 bits per heavy atom. The molecule has 0 heterocycles. The van der Waals surface area contributed by atoms with Gasteiger partial charge in [-0.25, -0.2) is 4.79 Å². The van der Waals surface area contributed by atoms with Crippen LogP contribution in [0.3, 0.4) is 0 Å². The Hall–Kier alpha value is -1.30. The van der Waals surface area contributed by atoms with Crippen LogP contribution in [-0.4, -0.2) is 63.8 Å². The Morgan fingerprint density at radius 1 is 1.25 bits per heavy atom. The van der Waals surface area contributed by atoms with Gasteiger partial charge in [-0.3, -0.25) is 4.79 Å². The molecule has 6 nitrogen and oxygen atoms in total. The van der Waals surface area contributed by atoms with E-state index >= 15 is 0 Å². The molecule has 0 aromatic carbocycles. The van der Waals surface area contributed by atoms with Gasteiger partial charge >= 0.3 is 12.0 Å². The summed E-state index contributed by atoms with van der Waals surface area (Å²) in [4.78, 5) is 26.7. The summed E-state index contributed by atoms with van der Waals surface area (Å²) in [6, 6.07) is 0.123. The van der Waals surface area contributed by atoms with Crippen LogP contribution in [0.15, 0.2) is 0 Å². The number of aliphatic hydroxyl groups is 1. The maximum atomic E-state index is 12.6. The average Bonchev–Trinajstić information content (AvgIpc) is 2.31. The van der Waals surface area contributed by atoms with Gasteiger partial charge in [-0.15, -0.1) is 0 Å². The highest BCUT2D eigenvalue weighted by Gasteiger charge is 2.32. The van der Waals surface area contributed by atoms with E-state index in [9.17, 15) is 9.59 Å². The predicted molar refractivity (Wildman–Crippen MR) is 75.5 cm³/mol. The molecule has 0 aromatic heterocycles. The van der Waals surface area contributed by atoms with Gasteiger partial charge in [0, 0.05) is 31.8 Å². The van der Waals surface area contributed by atoms with Crippen LogP contribution in [0, 0.1) is 0 Å². The number of nitrogens with zero attached hydrogens (tertiary/aromatic N) is 2. The largest absolute Gasteiger partial charge is 0.481 e. The number of rotatable bonds is 8. The van der Waals surface area contributed by atoms with Gasteiger partial charge in [0.2, 0.25) is 0 Å². The van der Waals surface area contributed by atoms with Crippen molar-refractivity contribution < 1.29 is 19.8 Å². The number of carbonyl (C=O) groups is 2. The number of hydrogen-bond donors (Lipinski definition) is 2. The standard InChI is InChI=1S/C14H26N2O4/c1-11(2)15(9-7-13(18)19)14(20)16(8-4-10-17)12-5-3-6-12/h11-12,17H,3-10H2,1-2H3,(H,18,19). The third-order valence-corrected chi connectivity index (χ3v) is 3.75. The van der Waals surface area contributed by atoms with E-state index in [0.29, 0.717) is 13.0 Å². The molecule has 0 saturated heterocycles. The van der Waals surface area contributed by atoms with Crippen LogP contribution < -0.4 is 0 Å². The summed E-state index contributed by atoms with van der Waals surface area (Å²) in [5.74, 6) is -0.894. The minimum absolute atomic E-state index is 0.0291. The summed E-state index contributed by atoms with van der Waals surface area (Å²) < 4.78 is 0. The summed E-state index contributed by atoms with van der Waals surface area (Å²) in [5.41, 5.74) is 0. The predicted octanol–water partition coefficient (Wildman–Crippen LogP) is 1.53. The Morgan fingerprint density at radius 2 is 1.90 bits per heavy atom. The highest BCUT2D eigenvalue weighted by Crippen LogP contribution is 2.26. The Balaban J connectivity index is 2.68. The lowest BCUT2D eigenvalue weighted by Gasteiger charge is -2.41. The molecule has 116 valence electrons. The van der Waals surface area contributed by atoms with Crippen molar-refractivity contribution >= 4 is 12.0 Å². The van der Waals surface area contributed by atoms with E-state index in [1.165, 1.54) is 0 Å². The molecule has 2 N–H and O–H groups in total. The van der Waals surface area contributed by atoms with Crippen LogP contribution in [0.4, 0.5) is 4.79 Å². The van der Waals surface area contributed by atoms with E-state index in [0.717, 1.165) is 19.3 Å². The highest BCUT2D eigenvalue weighted by molar-refractivity contribution is 5.76. The highest BCUT2D eigenvalue weighted by atomic mass is 16.4. The SMILES string of the molecule is CC(C)N(CCC(=O)O)C(=O)N(CCCO)C1CCC1. The molecule has 0 atom stereocenters. The number of carbonyl (C=O) groups excluding carboxylic acids is 1. The fourth-order valence-electron chi connectivity index (χ4n) is 2.33. The molecule has 6 heteroatoms. The molecule has 0 bridgehead atoms. The molecule has 1 fully saturated rings. The molecular weight excluding hydrogens is 260 g/mol. The van der Waals surface area contributed by atoms with Gasteiger partial charge in [0.1, 0.15) is 0 Å². The maximum Gasteiger partial charge on any atom is 0.320 e. The van der Waals surface area contributed by atoms with E-state index in [4.69, 9.17) is 10.2 Å². The molecule has 0 radical (unpaired) electrons. The average molecular weight is 286 g/mol. The first-order chi connectivity index (χ1) is 9.47. The molecule has 0 aliphatic heterocycles. The van der Waals surface area contributed by atoms with Crippen LogP contribution in [0.25, 0.3) is 0 Å². The van der Waals surface area contributed by atoms with E-state index in [1.807, 2.05) is 18.7 Å². The minimum Gasteiger partial charge on any atom is -0.481 e. The van der Waals surface area contributed by atoms with Crippen molar-refractivity contribution in [1.82, 2.24) is 9.80 Å². The number of carboxylic acid groups (broad SMARTS) is 1. The Labute approximate surface area is 120 Å². The number of hydrogen-bond acceptors (Lipinski definition) is 3. The van der Waals surface area contributed by atoms with E-state index in [2.05, 4.69) is 0 Å². The zero-order valence-corrected chi connectivity index (χ0v) is 12.4. The number of amides is 2. The molecule has 0 aromatic rings. The van der Waals surface area contributed by atoms with E-state index in [-0.39, 0.29) is 37.7 Å². The normalized spacial score (nSPS) is 15.0. The van der Waals surface area contributed by atoms with Gasteiger partial charge in [-0.1, -0.05) is 0 Å². The number of aliphatic carboxylic acids is 1. The summed E-state index contributed by atoms with van der Waals surface area (Å²) in [6.45, 7) is 4.62. The van der Waals surface area contributed by atoms with Crippen molar-refractivity contribution in [3.05, 3.63) is 0 Å². The number of aliphatic hydroxyl groups excluding tert-OH is 1. The number of carboxylic acids is 1. The number of urea groups is 1. The van der Waals surface area contributed by atoms with Crippen molar-refractivity contribution in [2.45, 2.75) is 58.0 Å². The molecular formula is C14H26N2O4. The molecule has 0 unspecified atom stereocenters. The fraction of sp³-hybridized carbons (Fsp3) is 0.857. The van der Waals surface area contributed by atoms with Gasteiger partial charge in [-0.2, -0.15) is 0 Å². The second-order valence-corrected chi connectivity index (χ2v) is 5.57. The third kappa shape index (κ3) is 4.67. The second kappa shape index (κ2) is 8.09. The summed E-state index contributed by atoms with van der Waals surface area (Å²) >= 11 is 0. The monoisotopic (exact) mass is 286 g/mol. The first-order valence-electron chi connectivity index (χ1n) is 7.37. The van der Waals surface area contributed by atoms with Crippen LogP contribution in [0.2, 0.25) is 0 Å². The minimum atomic E-state index is -0.894. The van der Waals surface area contributed by atoms with Crippen LogP contribution in [0.5, 0.6) is 0 Å².